The maximum absolute atomic E-state index is 8.66. The van der Waals surface area contributed by atoms with Crippen molar-refractivity contribution in [3.63, 3.8) is 0 Å². The molecule has 0 saturated carbocycles. The fourth-order valence-electron chi connectivity index (χ4n) is 1.12. The summed E-state index contributed by atoms with van der Waals surface area (Å²) < 4.78 is 0. The van der Waals surface area contributed by atoms with Crippen LogP contribution in [0, 0.1) is 11.3 Å². The summed E-state index contributed by atoms with van der Waals surface area (Å²) >= 11 is 0. The van der Waals surface area contributed by atoms with E-state index in [-0.39, 0.29) is 0 Å². The molecular formula is C8H5N3. The molecule has 0 spiro atoms. The van der Waals surface area contributed by atoms with Crippen LogP contribution in [-0.4, -0.2) is 11.2 Å². The standard InChI is InChI=1S/C8H5N3/c9-1-6-2-10-3-7-4-11-5-8(6)7/h2-4H,5H2. The summed E-state index contributed by atoms with van der Waals surface area (Å²) in [6.07, 6.45) is 5.06. The number of pyridine rings is 1. The van der Waals surface area contributed by atoms with Crippen LogP contribution in [0.2, 0.25) is 0 Å². The summed E-state index contributed by atoms with van der Waals surface area (Å²) in [6.45, 7) is 0.626. The van der Waals surface area contributed by atoms with Crippen molar-refractivity contribution in [2.24, 2.45) is 4.99 Å². The summed E-state index contributed by atoms with van der Waals surface area (Å²) in [4.78, 5) is 7.96. The first-order valence-corrected chi connectivity index (χ1v) is 3.28. The van der Waals surface area contributed by atoms with E-state index in [2.05, 4.69) is 16.0 Å². The highest BCUT2D eigenvalue weighted by Gasteiger charge is 2.10. The number of nitriles is 1. The van der Waals surface area contributed by atoms with E-state index in [1.54, 1.807) is 18.6 Å². The van der Waals surface area contributed by atoms with Gasteiger partial charge in [0.25, 0.3) is 0 Å². The van der Waals surface area contributed by atoms with Crippen molar-refractivity contribution in [1.82, 2.24) is 4.98 Å². The molecule has 0 aromatic carbocycles. The van der Waals surface area contributed by atoms with Crippen LogP contribution in [-0.2, 0) is 6.54 Å². The molecule has 1 aliphatic heterocycles. The molecule has 1 aromatic rings. The Labute approximate surface area is 64.0 Å². The van der Waals surface area contributed by atoms with Gasteiger partial charge in [0.15, 0.2) is 0 Å². The molecule has 0 N–H and O–H groups in total. The molecule has 3 heteroatoms. The number of hydrogen-bond acceptors (Lipinski definition) is 3. The van der Waals surface area contributed by atoms with E-state index in [0.29, 0.717) is 12.1 Å². The molecular weight excluding hydrogens is 138 g/mol. The monoisotopic (exact) mass is 143 g/mol. The van der Waals surface area contributed by atoms with Crippen molar-refractivity contribution >= 4 is 6.21 Å². The van der Waals surface area contributed by atoms with Gasteiger partial charge in [-0.25, -0.2) is 0 Å². The van der Waals surface area contributed by atoms with Crippen molar-refractivity contribution in [2.75, 3.05) is 0 Å². The Balaban J connectivity index is 2.66. The van der Waals surface area contributed by atoms with Gasteiger partial charge in [-0.1, -0.05) is 0 Å². The quantitative estimate of drug-likeness (QED) is 0.541. The Morgan fingerprint density at radius 1 is 1.45 bits per heavy atom. The zero-order valence-electron chi connectivity index (χ0n) is 5.78. The Morgan fingerprint density at radius 2 is 2.36 bits per heavy atom. The molecule has 0 unspecified atom stereocenters. The zero-order chi connectivity index (χ0) is 7.68. The van der Waals surface area contributed by atoms with Gasteiger partial charge in [-0.15, -0.1) is 0 Å². The number of aromatic nitrogens is 1. The first kappa shape index (κ1) is 6.05. The van der Waals surface area contributed by atoms with E-state index in [4.69, 9.17) is 5.26 Å². The van der Waals surface area contributed by atoms with E-state index in [0.717, 1.165) is 11.1 Å². The molecule has 2 heterocycles. The average Bonchev–Trinajstić information content (AvgIpc) is 2.50. The first-order chi connectivity index (χ1) is 5.42. The third-order valence-corrected chi connectivity index (χ3v) is 1.69. The summed E-state index contributed by atoms with van der Waals surface area (Å²) in [7, 11) is 0. The van der Waals surface area contributed by atoms with Gasteiger partial charge in [0.1, 0.15) is 6.07 Å². The molecule has 0 atom stereocenters. The molecule has 0 radical (unpaired) electrons. The highest BCUT2D eigenvalue weighted by Crippen LogP contribution is 2.16. The Hall–Kier alpha value is -1.69. The Bertz CT molecular complexity index is 360. The highest BCUT2D eigenvalue weighted by molar-refractivity contribution is 5.84. The van der Waals surface area contributed by atoms with Crippen molar-refractivity contribution in [3.8, 4) is 6.07 Å². The summed E-state index contributed by atoms with van der Waals surface area (Å²) in [6, 6.07) is 2.08. The second-order valence-corrected chi connectivity index (χ2v) is 2.34. The molecule has 0 bridgehead atoms. The molecule has 52 valence electrons. The number of nitrogens with zero attached hydrogens (tertiary/aromatic N) is 3. The fraction of sp³-hybridized carbons (Fsp3) is 0.125. The van der Waals surface area contributed by atoms with Crippen LogP contribution in [0.5, 0.6) is 0 Å². The lowest BCUT2D eigenvalue weighted by Crippen LogP contribution is -1.90. The largest absolute Gasteiger partial charge is 0.288 e. The average molecular weight is 143 g/mol. The lowest BCUT2D eigenvalue weighted by atomic mass is 10.1. The molecule has 1 aliphatic rings. The van der Waals surface area contributed by atoms with Crippen molar-refractivity contribution < 1.29 is 0 Å². The van der Waals surface area contributed by atoms with E-state index >= 15 is 0 Å². The second kappa shape index (κ2) is 2.17. The van der Waals surface area contributed by atoms with Crippen LogP contribution in [0.15, 0.2) is 17.4 Å². The van der Waals surface area contributed by atoms with Crippen LogP contribution in [0.3, 0.4) is 0 Å². The SMILES string of the molecule is N#Cc1cncc2c1CN=C2. The third-order valence-electron chi connectivity index (χ3n) is 1.69. The van der Waals surface area contributed by atoms with Gasteiger partial charge in [0, 0.05) is 29.7 Å². The lowest BCUT2D eigenvalue weighted by molar-refractivity contribution is 1.09. The third kappa shape index (κ3) is 0.802. The summed E-state index contributed by atoms with van der Waals surface area (Å²) in [5.41, 5.74) is 2.62. The normalized spacial score (nSPS) is 12.6. The van der Waals surface area contributed by atoms with Gasteiger partial charge < -0.3 is 0 Å². The molecule has 3 nitrogen and oxygen atoms in total. The number of fused-ring (bicyclic) bond motifs is 1. The van der Waals surface area contributed by atoms with Crippen molar-refractivity contribution in [3.05, 3.63) is 29.1 Å². The van der Waals surface area contributed by atoms with E-state index in [1.165, 1.54) is 0 Å². The summed E-state index contributed by atoms with van der Waals surface area (Å²) in [5, 5.41) is 8.66. The van der Waals surface area contributed by atoms with Gasteiger partial charge in [-0.3, -0.25) is 9.98 Å². The fourth-order valence-corrected chi connectivity index (χ4v) is 1.12. The number of aliphatic imine (C=N–C) groups is 1. The Morgan fingerprint density at radius 3 is 3.18 bits per heavy atom. The molecule has 0 amide bonds. The predicted molar refractivity (Wildman–Crippen MR) is 40.3 cm³/mol. The lowest BCUT2D eigenvalue weighted by Gasteiger charge is -1.96. The van der Waals surface area contributed by atoms with Gasteiger partial charge in [0.2, 0.25) is 0 Å². The first-order valence-electron chi connectivity index (χ1n) is 3.28. The summed E-state index contributed by atoms with van der Waals surface area (Å²) in [5.74, 6) is 0. The molecule has 11 heavy (non-hydrogen) atoms. The van der Waals surface area contributed by atoms with Crippen LogP contribution >= 0.6 is 0 Å². The van der Waals surface area contributed by atoms with Crippen LogP contribution in [0.25, 0.3) is 0 Å². The van der Waals surface area contributed by atoms with Gasteiger partial charge in [-0.2, -0.15) is 5.26 Å². The number of hydrogen-bond donors (Lipinski definition) is 0. The van der Waals surface area contributed by atoms with Crippen LogP contribution in [0.1, 0.15) is 16.7 Å². The van der Waals surface area contributed by atoms with Gasteiger partial charge in [-0.05, 0) is 0 Å². The van der Waals surface area contributed by atoms with E-state index in [1.807, 2.05) is 0 Å². The predicted octanol–water partition coefficient (Wildman–Crippen LogP) is 0.886. The number of rotatable bonds is 0. The van der Waals surface area contributed by atoms with E-state index < -0.39 is 0 Å². The van der Waals surface area contributed by atoms with Gasteiger partial charge in [0.05, 0.1) is 12.1 Å². The minimum Gasteiger partial charge on any atom is -0.288 e. The second-order valence-electron chi connectivity index (χ2n) is 2.34. The van der Waals surface area contributed by atoms with Crippen molar-refractivity contribution in [1.29, 1.82) is 5.26 Å². The highest BCUT2D eigenvalue weighted by atomic mass is 14.8. The molecule has 2 rings (SSSR count). The van der Waals surface area contributed by atoms with Crippen LogP contribution in [0.4, 0.5) is 0 Å². The molecule has 0 fully saturated rings. The Kier molecular flexibility index (Phi) is 1.19. The minimum absolute atomic E-state index is 0.626. The maximum Gasteiger partial charge on any atom is 0.101 e. The molecule has 0 saturated heterocycles. The zero-order valence-corrected chi connectivity index (χ0v) is 5.78. The van der Waals surface area contributed by atoms with Gasteiger partial charge >= 0.3 is 0 Å². The maximum atomic E-state index is 8.66. The smallest absolute Gasteiger partial charge is 0.101 e. The topological polar surface area (TPSA) is 49.0 Å². The van der Waals surface area contributed by atoms with E-state index in [9.17, 15) is 0 Å². The van der Waals surface area contributed by atoms with Crippen LogP contribution < -0.4 is 0 Å². The molecule has 0 aliphatic carbocycles. The molecule has 1 aromatic heterocycles. The minimum atomic E-state index is 0.626. The van der Waals surface area contributed by atoms with Crippen molar-refractivity contribution in [2.45, 2.75) is 6.54 Å².